The summed E-state index contributed by atoms with van der Waals surface area (Å²) in [5.74, 6) is -1.35. The summed E-state index contributed by atoms with van der Waals surface area (Å²) in [5.41, 5.74) is 0.329. The van der Waals surface area contributed by atoms with Crippen LogP contribution in [0.2, 0.25) is 0 Å². The first kappa shape index (κ1) is 20.2. The summed E-state index contributed by atoms with van der Waals surface area (Å²) >= 11 is 0. The number of amides is 2. The van der Waals surface area contributed by atoms with Crippen LogP contribution in [0.15, 0.2) is 58.3 Å². The summed E-state index contributed by atoms with van der Waals surface area (Å²) < 4.78 is 50.3. The van der Waals surface area contributed by atoms with Gasteiger partial charge in [0.05, 0.1) is 21.6 Å². The second-order valence-corrected chi connectivity index (χ2v) is 7.88. The maximum atomic E-state index is 11.1. The average Bonchev–Trinajstić information content (AvgIpc) is 2.91. The smallest absolute Gasteiger partial charge is 0.537 e. The van der Waals surface area contributed by atoms with E-state index < -0.39 is 31.9 Å². The monoisotopic (exact) mass is 502 g/mol. The third kappa shape index (κ3) is 3.84. The molecule has 11 heteroatoms. The Bertz CT molecular complexity index is 993. The van der Waals surface area contributed by atoms with Gasteiger partial charge in [0.1, 0.15) is 20.0 Å². The van der Waals surface area contributed by atoms with E-state index in [1.807, 2.05) is 0 Å². The Hall–Kier alpha value is -1.15. The van der Waals surface area contributed by atoms with Crippen molar-refractivity contribution >= 4 is 80.7 Å². The second kappa shape index (κ2) is 7.23. The molecule has 8 nitrogen and oxygen atoms in total. The molecule has 2 aromatic rings. The fraction of sp³-hybridized carbons (Fsp3) is 0. The number of carbonyl (C=O) groups is 2. The van der Waals surface area contributed by atoms with Crippen molar-refractivity contribution in [2.24, 2.45) is 0 Å². The largest absolute Gasteiger partial charge is 2.00 e. The van der Waals surface area contributed by atoms with Crippen molar-refractivity contribution in [3.05, 3.63) is 69.1 Å². The minimum Gasteiger partial charge on any atom is -0.537 e. The molecule has 124 valence electrons. The predicted octanol–water partition coefficient (Wildman–Crippen LogP) is 1.42. The molecule has 2 aliphatic rings. The topological polar surface area (TPSA) is 131 Å². The van der Waals surface area contributed by atoms with Crippen molar-refractivity contribution in [2.75, 3.05) is 0 Å². The first-order valence-electron chi connectivity index (χ1n) is 6.45. The quantitative estimate of drug-likeness (QED) is 0.502. The van der Waals surface area contributed by atoms with Gasteiger partial charge in [0, 0.05) is 11.1 Å². The number of benzene rings is 2. The minimum absolute atomic E-state index is 0. The Morgan fingerprint density at radius 3 is 1.24 bits per heavy atom. The number of sulfonamides is 2. The number of fused-ring (bicyclic) bond motifs is 2. The molecule has 0 saturated carbocycles. The van der Waals surface area contributed by atoms with Gasteiger partial charge in [-0.2, -0.15) is 0 Å². The van der Waals surface area contributed by atoms with Gasteiger partial charge in [-0.3, -0.25) is 0 Å². The molecule has 0 aliphatic carbocycles. The number of hydrogen-bond donors (Lipinski definition) is 0. The molecule has 0 bridgehead atoms. The first-order chi connectivity index (χ1) is 11.2. The molecule has 25 heavy (non-hydrogen) atoms. The zero-order valence-electron chi connectivity index (χ0n) is 12.5. The van der Waals surface area contributed by atoms with Gasteiger partial charge >= 0.3 is 48.9 Å². The van der Waals surface area contributed by atoms with E-state index in [9.17, 15) is 26.4 Å². The van der Waals surface area contributed by atoms with Crippen LogP contribution in [-0.2, 0) is 20.0 Å². The Kier molecular flexibility index (Phi) is 5.83. The van der Waals surface area contributed by atoms with Crippen LogP contribution < -0.4 is 0 Å². The van der Waals surface area contributed by atoms with Crippen LogP contribution in [0.3, 0.4) is 0 Å². The minimum atomic E-state index is -3.68. The zero-order valence-corrected chi connectivity index (χ0v) is 18.6. The van der Waals surface area contributed by atoms with Gasteiger partial charge in [-0.25, -0.2) is 16.8 Å². The number of hydrogen-bond acceptors (Lipinski definition) is 6. The molecule has 0 aromatic heterocycles. The zero-order chi connectivity index (χ0) is 17.5. The molecule has 4 rings (SSSR count). The average molecular weight is 502 g/mol. The Morgan fingerprint density at radius 1 is 0.600 bits per heavy atom. The maximum Gasteiger partial charge on any atom is 2.00 e. The molecule has 2 aromatic carbocycles. The van der Waals surface area contributed by atoms with E-state index in [2.05, 4.69) is 9.44 Å². The van der Waals surface area contributed by atoms with Crippen LogP contribution in [-0.4, -0.2) is 77.5 Å². The van der Waals surface area contributed by atoms with Crippen LogP contribution in [0.25, 0.3) is 9.44 Å². The molecular weight excluding hydrogens is 494 g/mol. The van der Waals surface area contributed by atoms with Crippen LogP contribution in [0.4, 0.5) is 0 Å². The number of rotatable bonds is 0. The second-order valence-electron chi connectivity index (χ2n) is 4.74. The molecule has 0 saturated heterocycles. The van der Waals surface area contributed by atoms with E-state index in [0.717, 1.165) is 0 Å². The van der Waals surface area contributed by atoms with Gasteiger partial charge in [0.25, 0.3) is 0 Å². The maximum absolute atomic E-state index is 11.1. The van der Waals surface area contributed by atoms with Gasteiger partial charge in [-0.1, -0.05) is 36.4 Å². The SMILES string of the molecule is O=C1[N-]S(=O)(=O)c2ccccc21.O=C1[N-]S(=O)(=O)c2ccccc21.[Ba+2]. The Labute approximate surface area is 184 Å². The Morgan fingerprint density at radius 2 is 0.920 bits per heavy atom. The van der Waals surface area contributed by atoms with E-state index >= 15 is 0 Å². The fourth-order valence-corrected chi connectivity index (χ4v) is 4.35. The first-order valence-corrected chi connectivity index (χ1v) is 9.33. The summed E-state index contributed by atoms with van der Waals surface area (Å²) in [7, 11) is -7.36. The molecule has 0 N–H and O–H groups in total. The van der Waals surface area contributed by atoms with E-state index in [-0.39, 0.29) is 69.8 Å². The normalized spacial score (nSPS) is 17.8. The van der Waals surface area contributed by atoms with E-state index in [1.54, 1.807) is 24.3 Å². The number of carbonyl (C=O) groups excluding carboxylic acids is 2. The van der Waals surface area contributed by atoms with E-state index in [4.69, 9.17) is 0 Å². The van der Waals surface area contributed by atoms with Crippen LogP contribution in [0, 0.1) is 0 Å². The van der Waals surface area contributed by atoms with Crippen molar-refractivity contribution in [3.8, 4) is 0 Å². The molecule has 0 spiro atoms. The summed E-state index contributed by atoms with van der Waals surface area (Å²) in [4.78, 5) is 21.9. The molecule has 0 unspecified atom stereocenters. The summed E-state index contributed by atoms with van der Waals surface area (Å²) in [6.45, 7) is 0. The van der Waals surface area contributed by atoms with Crippen molar-refractivity contribution in [1.82, 2.24) is 0 Å². The third-order valence-corrected chi connectivity index (χ3v) is 5.83. The van der Waals surface area contributed by atoms with Crippen LogP contribution in [0.5, 0.6) is 0 Å². The van der Waals surface area contributed by atoms with Crippen molar-refractivity contribution < 1.29 is 26.4 Å². The van der Waals surface area contributed by atoms with E-state index in [1.165, 1.54) is 24.3 Å². The molecule has 2 aliphatic heterocycles. The van der Waals surface area contributed by atoms with Crippen LogP contribution >= 0.6 is 0 Å². The van der Waals surface area contributed by atoms with Crippen molar-refractivity contribution in [1.29, 1.82) is 0 Å². The third-order valence-electron chi connectivity index (χ3n) is 3.20. The van der Waals surface area contributed by atoms with Gasteiger partial charge < -0.3 is 19.0 Å². The van der Waals surface area contributed by atoms with Crippen molar-refractivity contribution in [3.63, 3.8) is 0 Å². The molecule has 2 heterocycles. The molecule has 0 radical (unpaired) electrons. The van der Waals surface area contributed by atoms with Crippen molar-refractivity contribution in [2.45, 2.75) is 9.79 Å². The van der Waals surface area contributed by atoms with Gasteiger partial charge in [-0.05, 0) is 12.1 Å². The molecular formula is C14H8BaN2O6S2. The molecule has 0 fully saturated rings. The van der Waals surface area contributed by atoms with Crippen LogP contribution in [0.1, 0.15) is 20.7 Å². The van der Waals surface area contributed by atoms with Gasteiger partial charge in [0.15, 0.2) is 0 Å². The summed E-state index contributed by atoms with van der Waals surface area (Å²) in [6, 6.07) is 12.0. The van der Waals surface area contributed by atoms with Gasteiger partial charge in [-0.15, -0.1) is 0 Å². The number of nitrogens with zero attached hydrogens (tertiary/aromatic N) is 2. The molecule has 2 amide bonds. The van der Waals surface area contributed by atoms with Gasteiger partial charge in [0.2, 0.25) is 0 Å². The molecule has 0 atom stereocenters. The fourth-order valence-electron chi connectivity index (χ4n) is 2.15. The summed E-state index contributed by atoms with van der Waals surface area (Å²) in [5, 5.41) is 0. The predicted molar refractivity (Wildman–Crippen MR) is 88.4 cm³/mol. The Balaban J connectivity index is 0.000000173. The van der Waals surface area contributed by atoms with E-state index in [0.29, 0.717) is 0 Å². The standard InChI is InChI=1S/2C7H5NO3S.Ba/c2*9-7-5-3-1-2-4-6(5)12(10,11)8-7;/h2*1-4H,(H,8,9);/q;;+2/p-2. The summed E-state index contributed by atoms with van der Waals surface area (Å²) in [6.07, 6.45) is 0.